The number of aromatic nitrogens is 3. The van der Waals surface area contributed by atoms with Crippen LogP contribution in [-0.4, -0.2) is 34.4 Å². The van der Waals surface area contributed by atoms with Gasteiger partial charge in [0.2, 0.25) is 0 Å². The van der Waals surface area contributed by atoms with E-state index in [0.717, 1.165) is 19.0 Å². The maximum Gasteiger partial charge on any atom is 0.411 e. The maximum atomic E-state index is 13.7. The summed E-state index contributed by atoms with van der Waals surface area (Å²) in [5, 5.41) is 14.2. The van der Waals surface area contributed by atoms with Gasteiger partial charge in [0.15, 0.2) is 5.82 Å². The van der Waals surface area contributed by atoms with Crippen LogP contribution in [0.25, 0.3) is 0 Å². The third kappa shape index (κ3) is 4.90. The number of carbonyl (C=O) groups is 2. The third-order valence-corrected chi connectivity index (χ3v) is 3.27. The summed E-state index contributed by atoms with van der Waals surface area (Å²) in [6, 6.07) is 2.81. The van der Waals surface area contributed by atoms with E-state index in [-0.39, 0.29) is 5.69 Å². The summed E-state index contributed by atoms with van der Waals surface area (Å²) in [6.07, 6.45) is -0.109. The Hall–Kier alpha value is -3.17. The second kappa shape index (κ2) is 8.08. The smallest absolute Gasteiger partial charge is 0.411 e. The minimum Gasteiger partial charge on any atom is -0.453 e. The number of ether oxygens (including phenoxy) is 1. The number of halogens is 1. The summed E-state index contributed by atoms with van der Waals surface area (Å²) in [5.41, 5.74) is 0.181. The van der Waals surface area contributed by atoms with Gasteiger partial charge in [0.25, 0.3) is 0 Å². The number of carbonyl (C=O) groups excluding carboxylic acids is 2. The second-order valence-electron chi connectivity index (χ2n) is 5.13. The van der Waals surface area contributed by atoms with Crippen LogP contribution in [0.1, 0.15) is 31.5 Å². The highest BCUT2D eigenvalue weighted by Crippen LogP contribution is 2.20. The fraction of sp³-hybridized carbons (Fsp3) is 0.333. The van der Waals surface area contributed by atoms with E-state index in [2.05, 4.69) is 35.9 Å². The van der Waals surface area contributed by atoms with Crippen LogP contribution in [0.15, 0.2) is 18.2 Å². The molecular formula is C15H19FN6O3. The number of methoxy groups -OCH3 is 1. The fourth-order valence-electron chi connectivity index (χ4n) is 1.95. The third-order valence-electron chi connectivity index (χ3n) is 3.27. The van der Waals surface area contributed by atoms with Gasteiger partial charge in [-0.05, 0) is 25.1 Å². The van der Waals surface area contributed by atoms with E-state index in [1.165, 1.54) is 12.1 Å². The number of aromatic amines is 1. The molecule has 1 aromatic carbocycles. The molecule has 9 nitrogen and oxygen atoms in total. The lowest BCUT2D eigenvalue weighted by molar-refractivity contribution is 0.187. The zero-order valence-electron chi connectivity index (χ0n) is 14.0. The molecule has 1 atom stereocenters. The predicted molar refractivity (Wildman–Crippen MR) is 88.8 cm³/mol. The second-order valence-corrected chi connectivity index (χ2v) is 5.13. The molecule has 10 heteroatoms. The van der Waals surface area contributed by atoms with Crippen LogP contribution in [0, 0.1) is 5.82 Å². The Morgan fingerprint density at radius 2 is 2.12 bits per heavy atom. The molecule has 1 heterocycles. The number of hydrogen-bond acceptors (Lipinski definition) is 5. The molecule has 1 unspecified atom stereocenters. The number of amides is 3. The number of benzene rings is 1. The van der Waals surface area contributed by atoms with E-state index in [4.69, 9.17) is 0 Å². The molecule has 0 fully saturated rings. The van der Waals surface area contributed by atoms with Crippen molar-refractivity contribution in [2.75, 3.05) is 17.7 Å². The van der Waals surface area contributed by atoms with Gasteiger partial charge >= 0.3 is 12.1 Å². The van der Waals surface area contributed by atoms with Crippen LogP contribution in [0.5, 0.6) is 0 Å². The molecule has 2 aromatic rings. The van der Waals surface area contributed by atoms with Gasteiger partial charge in [0.05, 0.1) is 18.8 Å². The standard InChI is InChI=1S/C15H19FN6O3/c1-4-12-20-13(22-21-12)8(2)17-14(23)18-9-5-6-10(16)11(7-9)19-15(24)25-3/h5-8H,4H2,1-3H3,(H,19,24)(H2,17,18,23)(H,20,21,22). The molecule has 25 heavy (non-hydrogen) atoms. The molecule has 4 N–H and O–H groups in total. The number of anilines is 2. The number of hydrogen-bond donors (Lipinski definition) is 4. The van der Waals surface area contributed by atoms with Crippen molar-refractivity contribution in [2.24, 2.45) is 0 Å². The van der Waals surface area contributed by atoms with E-state index in [0.29, 0.717) is 17.9 Å². The van der Waals surface area contributed by atoms with Crippen molar-refractivity contribution < 1.29 is 18.7 Å². The SMILES string of the molecule is CCc1nc(C(C)NC(=O)Nc2ccc(F)c(NC(=O)OC)c2)n[nH]1. The molecule has 0 saturated carbocycles. The Balaban J connectivity index is 2.00. The van der Waals surface area contributed by atoms with Crippen molar-refractivity contribution in [1.29, 1.82) is 0 Å². The van der Waals surface area contributed by atoms with Gasteiger partial charge in [-0.2, -0.15) is 5.10 Å². The summed E-state index contributed by atoms with van der Waals surface area (Å²) in [7, 11) is 1.16. The Bertz CT molecular complexity index is 763. The van der Waals surface area contributed by atoms with Crippen molar-refractivity contribution in [2.45, 2.75) is 26.3 Å². The van der Waals surface area contributed by atoms with Gasteiger partial charge in [-0.25, -0.2) is 19.0 Å². The van der Waals surface area contributed by atoms with Crippen LogP contribution < -0.4 is 16.0 Å². The van der Waals surface area contributed by atoms with Gasteiger partial charge < -0.3 is 15.4 Å². The minimum atomic E-state index is -0.814. The van der Waals surface area contributed by atoms with Crippen molar-refractivity contribution in [3.8, 4) is 0 Å². The summed E-state index contributed by atoms with van der Waals surface area (Å²) in [4.78, 5) is 27.5. The van der Waals surface area contributed by atoms with Crippen LogP contribution in [0.2, 0.25) is 0 Å². The lowest BCUT2D eigenvalue weighted by Crippen LogP contribution is -2.31. The fourth-order valence-corrected chi connectivity index (χ4v) is 1.95. The van der Waals surface area contributed by atoms with Gasteiger partial charge in [-0.1, -0.05) is 6.92 Å². The van der Waals surface area contributed by atoms with Crippen molar-refractivity contribution in [3.63, 3.8) is 0 Å². The van der Waals surface area contributed by atoms with Crippen molar-refractivity contribution >= 4 is 23.5 Å². The van der Waals surface area contributed by atoms with E-state index >= 15 is 0 Å². The topological polar surface area (TPSA) is 121 Å². The number of H-pyrrole nitrogens is 1. The lowest BCUT2D eigenvalue weighted by atomic mass is 10.2. The molecule has 1 aromatic heterocycles. The van der Waals surface area contributed by atoms with Crippen LogP contribution in [-0.2, 0) is 11.2 Å². The number of rotatable bonds is 5. The Kier molecular flexibility index (Phi) is 5.88. The van der Waals surface area contributed by atoms with Gasteiger partial charge in [0.1, 0.15) is 11.6 Å². The van der Waals surface area contributed by atoms with Gasteiger partial charge in [0, 0.05) is 12.1 Å². The van der Waals surface area contributed by atoms with E-state index in [1.807, 2.05) is 6.92 Å². The van der Waals surface area contributed by atoms with E-state index in [1.54, 1.807) is 6.92 Å². The highest BCUT2D eigenvalue weighted by molar-refractivity contribution is 5.91. The molecule has 0 aliphatic carbocycles. The average molecular weight is 350 g/mol. The lowest BCUT2D eigenvalue weighted by Gasteiger charge is -2.13. The Morgan fingerprint density at radius 1 is 1.36 bits per heavy atom. The molecule has 0 radical (unpaired) electrons. The largest absolute Gasteiger partial charge is 0.453 e. The maximum absolute atomic E-state index is 13.7. The van der Waals surface area contributed by atoms with Crippen molar-refractivity contribution in [3.05, 3.63) is 35.7 Å². The summed E-state index contributed by atoms with van der Waals surface area (Å²) in [5.74, 6) is 0.526. The quantitative estimate of drug-likeness (QED) is 0.660. The van der Waals surface area contributed by atoms with Crippen LogP contribution >= 0.6 is 0 Å². The first kappa shape index (κ1) is 18.2. The molecule has 0 saturated heterocycles. The first-order chi connectivity index (χ1) is 11.9. The summed E-state index contributed by atoms with van der Waals surface area (Å²) in [6.45, 7) is 3.67. The highest BCUT2D eigenvalue weighted by Gasteiger charge is 2.15. The Labute approximate surface area is 143 Å². The molecule has 3 amide bonds. The zero-order valence-corrected chi connectivity index (χ0v) is 14.0. The number of nitrogens with one attached hydrogen (secondary N) is 4. The summed E-state index contributed by atoms with van der Waals surface area (Å²) >= 11 is 0. The van der Waals surface area contributed by atoms with Crippen LogP contribution in [0.4, 0.5) is 25.4 Å². The summed E-state index contributed by atoms with van der Waals surface area (Å²) < 4.78 is 18.1. The van der Waals surface area contributed by atoms with E-state index < -0.39 is 24.0 Å². The minimum absolute atomic E-state index is 0.112. The van der Waals surface area contributed by atoms with E-state index in [9.17, 15) is 14.0 Å². The van der Waals surface area contributed by atoms with Gasteiger partial charge in [-0.3, -0.25) is 10.4 Å². The number of urea groups is 1. The molecular weight excluding hydrogens is 331 g/mol. The first-order valence-electron chi connectivity index (χ1n) is 7.56. The molecule has 134 valence electrons. The molecule has 0 spiro atoms. The number of aryl methyl sites for hydroxylation is 1. The highest BCUT2D eigenvalue weighted by atomic mass is 19.1. The van der Waals surface area contributed by atoms with Crippen molar-refractivity contribution in [1.82, 2.24) is 20.5 Å². The molecule has 0 bridgehead atoms. The monoisotopic (exact) mass is 350 g/mol. The first-order valence-corrected chi connectivity index (χ1v) is 7.56. The average Bonchev–Trinajstić information content (AvgIpc) is 3.07. The van der Waals surface area contributed by atoms with Gasteiger partial charge in [-0.15, -0.1) is 0 Å². The zero-order chi connectivity index (χ0) is 18.4. The molecule has 0 aliphatic heterocycles. The normalized spacial score (nSPS) is 11.5. The Morgan fingerprint density at radius 3 is 2.76 bits per heavy atom. The predicted octanol–water partition coefficient (Wildman–Crippen LogP) is 2.57. The molecule has 2 rings (SSSR count). The molecule has 0 aliphatic rings. The number of nitrogens with zero attached hydrogens (tertiary/aromatic N) is 2. The van der Waals surface area contributed by atoms with Crippen LogP contribution in [0.3, 0.4) is 0 Å².